The van der Waals surface area contributed by atoms with Crippen molar-refractivity contribution in [1.82, 2.24) is 4.57 Å². The van der Waals surface area contributed by atoms with Gasteiger partial charge < -0.3 is 4.57 Å². The Morgan fingerprint density at radius 2 is 1.94 bits per heavy atom. The summed E-state index contributed by atoms with van der Waals surface area (Å²) < 4.78 is 3.58. The molecule has 0 saturated carbocycles. The van der Waals surface area contributed by atoms with Crippen LogP contribution < -0.4 is 5.19 Å². The first-order valence-electron chi connectivity index (χ1n) is 6.40. The lowest BCUT2D eigenvalue weighted by molar-refractivity contribution is 0.488. The summed E-state index contributed by atoms with van der Waals surface area (Å²) in [6.07, 6.45) is 0. The van der Waals surface area contributed by atoms with Crippen LogP contribution in [0, 0.1) is 0 Å². The highest BCUT2D eigenvalue weighted by Gasteiger charge is 2.45. The second-order valence-electron chi connectivity index (χ2n) is 4.20. The quantitative estimate of drug-likeness (QED) is 0.613. The summed E-state index contributed by atoms with van der Waals surface area (Å²) in [6, 6.07) is 10.5. The monoisotopic (exact) mass is 298 g/mol. The Balaban J connectivity index is 2.45. The molecule has 2 nitrogen and oxygen atoms in total. The fourth-order valence-electron chi connectivity index (χ4n) is 2.30. The zero-order valence-corrected chi connectivity index (χ0v) is 13.5. The Bertz CT molecular complexity index is 422. The highest BCUT2D eigenvalue weighted by molar-refractivity contribution is 8.19. The van der Waals surface area contributed by atoms with Crippen molar-refractivity contribution in [2.45, 2.75) is 13.8 Å². The van der Waals surface area contributed by atoms with Crippen LogP contribution in [-0.4, -0.2) is 42.2 Å². The number of rotatable bonds is 5. The van der Waals surface area contributed by atoms with Crippen molar-refractivity contribution >= 4 is 40.2 Å². The van der Waals surface area contributed by atoms with Crippen molar-refractivity contribution in [2.75, 3.05) is 25.4 Å². The predicted octanol–water partition coefficient (Wildman–Crippen LogP) is 2.60. The first kappa shape index (κ1) is 14.1. The normalized spacial score (nSPS) is 18.8. The third-order valence-corrected chi connectivity index (χ3v) is 10.9. The van der Waals surface area contributed by atoms with Gasteiger partial charge in [-0.25, -0.2) is 0 Å². The second kappa shape index (κ2) is 6.24. The lowest BCUT2D eigenvalue weighted by Crippen LogP contribution is -2.63. The summed E-state index contributed by atoms with van der Waals surface area (Å²) in [5, 5.41) is 1.25. The molecule has 2 rings (SSSR count). The average molecular weight is 299 g/mol. The maximum Gasteiger partial charge on any atom is 0.316 e. The summed E-state index contributed by atoms with van der Waals surface area (Å²) in [7, 11) is -2.30. The topological polar surface area (TPSA) is 15.6 Å². The van der Waals surface area contributed by atoms with Gasteiger partial charge in [-0.05, 0) is 18.3 Å². The number of nitrogens with zero attached hydrogens (tertiary/aromatic N) is 2. The van der Waals surface area contributed by atoms with Gasteiger partial charge in [0.25, 0.3) is 0 Å². The van der Waals surface area contributed by atoms with Crippen molar-refractivity contribution in [3.05, 3.63) is 30.3 Å². The van der Waals surface area contributed by atoms with E-state index in [0.29, 0.717) is 0 Å². The summed E-state index contributed by atoms with van der Waals surface area (Å²) >= 11 is 8.99. The van der Waals surface area contributed by atoms with E-state index in [1.807, 2.05) is 17.8 Å². The van der Waals surface area contributed by atoms with E-state index in [1.165, 1.54) is 9.85 Å². The summed E-state index contributed by atoms with van der Waals surface area (Å²) in [5.41, 5.74) is 0. The van der Waals surface area contributed by atoms with Gasteiger partial charge in [-0.15, -0.1) is 22.8 Å². The number of aliphatic imine (C=N–C) groups is 1. The SMILES string of the molecule is CCN(CC)[Si](Cl)(C1=NCCS1)c1ccccc1. The largest absolute Gasteiger partial charge is 0.316 e. The van der Waals surface area contributed by atoms with Crippen LogP contribution in [0.4, 0.5) is 0 Å². The van der Waals surface area contributed by atoms with E-state index in [9.17, 15) is 0 Å². The zero-order valence-electron chi connectivity index (χ0n) is 10.9. The maximum absolute atomic E-state index is 7.15. The van der Waals surface area contributed by atoms with Crippen LogP contribution in [0.2, 0.25) is 0 Å². The van der Waals surface area contributed by atoms with E-state index >= 15 is 0 Å². The first-order valence-corrected chi connectivity index (χ1v) is 10.3. The molecule has 0 saturated heterocycles. The Kier molecular flexibility index (Phi) is 4.89. The third-order valence-electron chi connectivity index (χ3n) is 3.22. The van der Waals surface area contributed by atoms with Crippen LogP contribution in [0.3, 0.4) is 0 Å². The fourth-order valence-corrected chi connectivity index (χ4v) is 9.14. The van der Waals surface area contributed by atoms with Crippen molar-refractivity contribution in [2.24, 2.45) is 4.99 Å². The maximum atomic E-state index is 7.15. The number of benzene rings is 1. The second-order valence-corrected chi connectivity index (χ2v) is 10.2. The minimum atomic E-state index is -2.30. The van der Waals surface area contributed by atoms with E-state index in [1.54, 1.807) is 0 Å². The molecule has 1 heterocycles. The van der Waals surface area contributed by atoms with E-state index in [-0.39, 0.29) is 0 Å². The molecule has 0 bridgehead atoms. The number of hydrogen-bond acceptors (Lipinski definition) is 3. The number of hydrogen-bond donors (Lipinski definition) is 0. The van der Waals surface area contributed by atoms with E-state index in [4.69, 9.17) is 11.1 Å². The smallest absolute Gasteiger partial charge is 0.304 e. The Hall–Kier alpha value is -0.293. The average Bonchev–Trinajstić information content (AvgIpc) is 2.95. The lowest BCUT2D eigenvalue weighted by Gasteiger charge is -2.35. The van der Waals surface area contributed by atoms with E-state index in [2.05, 4.69) is 47.7 Å². The highest BCUT2D eigenvalue weighted by Crippen LogP contribution is 2.27. The van der Waals surface area contributed by atoms with Crippen LogP contribution in [0.1, 0.15) is 13.8 Å². The molecule has 0 amide bonds. The molecule has 0 radical (unpaired) electrons. The fraction of sp³-hybridized carbons (Fsp3) is 0.462. The molecule has 5 heteroatoms. The Morgan fingerprint density at radius 3 is 2.44 bits per heavy atom. The third kappa shape index (κ3) is 2.52. The molecular weight excluding hydrogens is 280 g/mol. The summed E-state index contributed by atoms with van der Waals surface area (Å²) in [4.78, 5) is 4.67. The molecule has 1 atom stereocenters. The van der Waals surface area contributed by atoms with Crippen molar-refractivity contribution in [1.29, 1.82) is 0 Å². The standard InChI is InChI=1S/C13H19ClN2SSi/c1-3-16(4-2)18(14,13-15-10-11-17-13)12-8-6-5-7-9-12/h5-9H,3-4,10-11H2,1-2H3. The minimum absolute atomic E-state index is 0.912. The molecule has 1 aliphatic heterocycles. The molecule has 0 fully saturated rings. The molecule has 1 aromatic carbocycles. The number of thioether (sulfide) groups is 1. The predicted molar refractivity (Wildman–Crippen MR) is 85.4 cm³/mol. The van der Waals surface area contributed by atoms with Gasteiger partial charge in [0.2, 0.25) is 0 Å². The van der Waals surface area contributed by atoms with Gasteiger partial charge in [0.15, 0.2) is 0 Å². The Morgan fingerprint density at radius 1 is 1.28 bits per heavy atom. The molecule has 1 aliphatic rings. The van der Waals surface area contributed by atoms with E-state index < -0.39 is 7.55 Å². The van der Waals surface area contributed by atoms with Gasteiger partial charge in [0, 0.05) is 12.3 Å². The number of halogens is 1. The minimum Gasteiger partial charge on any atom is -0.304 e. The molecule has 0 N–H and O–H groups in total. The van der Waals surface area contributed by atoms with Gasteiger partial charge in [0.1, 0.15) is 0 Å². The first-order chi connectivity index (χ1) is 8.73. The van der Waals surface area contributed by atoms with Crippen molar-refractivity contribution in [3.8, 4) is 0 Å². The summed E-state index contributed by atoms with van der Waals surface area (Å²) in [5.74, 6) is 1.07. The molecule has 1 unspecified atom stereocenters. The van der Waals surface area contributed by atoms with Gasteiger partial charge >= 0.3 is 7.55 Å². The van der Waals surface area contributed by atoms with Crippen LogP contribution in [0.5, 0.6) is 0 Å². The lowest BCUT2D eigenvalue weighted by atomic mass is 10.4. The van der Waals surface area contributed by atoms with Crippen molar-refractivity contribution in [3.63, 3.8) is 0 Å². The summed E-state index contributed by atoms with van der Waals surface area (Å²) in [6.45, 7) is 7.21. The van der Waals surface area contributed by atoms with E-state index in [0.717, 1.165) is 25.4 Å². The molecule has 1 aromatic rings. The molecule has 0 spiro atoms. The Labute approximate surface area is 119 Å². The van der Waals surface area contributed by atoms with Gasteiger partial charge in [-0.2, -0.15) is 0 Å². The molecular formula is C13H19ClN2SSi. The molecule has 0 aromatic heterocycles. The van der Waals surface area contributed by atoms with Crippen LogP contribution >= 0.6 is 22.8 Å². The van der Waals surface area contributed by atoms with Crippen LogP contribution in [-0.2, 0) is 0 Å². The van der Waals surface area contributed by atoms with Crippen molar-refractivity contribution < 1.29 is 0 Å². The molecule has 18 heavy (non-hydrogen) atoms. The molecule has 0 aliphatic carbocycles. The van der Waals surface area contributed by atoms with Gasteiger partial charge in [0.05, 0.1) is 4.67 Å². The van der Waals surface area contributed by atoms with Crippen LogP contribution in [0.15, 0.2) is 35.3 Å². The zero-order chi connectivity index (χ0) is 13.0. The van der Waals surface area contributed by atoms with Gasteiger partial charge in [-0.3, -0.25) is 4.99 Å². The van der Waals surface area contributed by atoms with Gasteiger partial charge in [-0.1, -0.05) is 44.2 Å². The molecule has 98 valence electrons. The highest BCUT2D eigenvalue weighted by atomic mass is 35.6. The van der Waals surface area contributed by atoms with Crippen LogP contribution in [0.25, 0.3) is 0 Å².